The van der Waals surface area contributed by atoms with Gasteiger partial charge >= 0.3 is 6.61 Å². The van der Waals surface area contributed by atoms with E-state index in [9.17, 15) is 8.78 Å². The van der Waals surface area contributed by atoms with E-state index in [1.54, 1.807) is 12.1 Å². The SMILES string of the molecule is FC(F)Oc1ccc(/C=C/c2ccc3ccc(Cl)cc3n2)cc1. The Morgan fingerprint density at radius 1 is 0.957 bits per heavy atom. The van der Waals surface area contributed by atoms with Gasteiger partial charge < -0.3 is 4.74 Å². The van der Waals surface area contributed by atoms with E-state index in [-0.39, 0.29) is 5.75 Å². The quantitative estimate of drug-likeness (QED) is 0.615. The molecule has 0 unspecified atom stereocenters. The van der Waals surface area contributed by atoms with Crippen LogP contribution in [0.1, 0.15) is 11.3 Å². The number of pyridine rings is 1. The molecule has 0 aliphatic carbocycles. The van der Waals surface area contributed by atoms with Gasteiger partial charge in [0.15, 0.2) is 0 Å². The molecule has 3 aromatic rings. The van der Waals surface area contributed by atoms with E-state index in [1.807, 2.05) is 42.5 Å². The molecule has 0 amide bonds. The van der Waals surface area contributed by atoms with Crippen molar-refractivity contribution in [3.8, 4) is 5.75 Å². The van der Waals surface area contributed by atoms with Crippen molar-refractivity contribution in [3.05, 3.63) is 70.9 Å². The van der Waals surface area contributed by atoms with Crippen LogP contribution >= 0.6 is 11.6 Å². The highest BCUT2D eigenvalue weighted by molar-refractivity contribution is 6.31. The molecule has 0 atom stereocenters. The second kappa shape index (κ2) is 6.75. The first-order valence-electron chi connectivity index (χ1n) is 6.89. The summed E-state index contributed by atoms with van der Waals surface area (Å²) in [6, 6.07) is 15.8. The Bertz CT molecular complexity index is 847. The third kappa shape index (κ3) is 4.05. The van der Waals surface area contributed by atoms with Crippen molar-refractivity contribution in [2.45, 2.75) is 6.61 Å². The highest BCUT2D eigenvalue weighted by Crippen LogP contribution is 2.19. The van der Waals surface area contributed by atoms with Crippen molar-refractivity contribution in [1.82, 2.24) is 4.98 Å². The largest absolute Gasteiger partial charge is 0.435 e. The molecule has 116 valence electrons. The third-order valence-corrected chi connectivity index (χ3v) is 3.46. The molecule has 0 N–H and O–H groups in total. The van der Waals surface area contributed by atoms with Crippen molar-refractivity contribution in [1.29, 1.82) is 0 Å². The lowest BCUT2D eigenvalue weighted by molar-refractivity contribution is -0.0498. The maximum Gasteiger partial charge on any atom is 0.387 e. The Balaban J connectivity index is 1.79. The fraction of sp³-hybridized carbons (Fsp3) is 0.0556. The summed E-state index contributed by atoms with van der Waals surface area (Å²) in [4.78, 5) is 4.51. The minimum absolute atomic E-state index is 0.135. The smallest absolute Gasteiger partial charge is 0.387 e. The summed E-state index contributed by atoms with van der Waals surface area (Å²) in [7, 11) is 0. The fourth-order valence-corrected chi connectivity index (χ4v) is 2.31. The van der Waals surface area contributed by atoms with E-state index in [0.29, 0.717) is 5.02 Å². The molecule has 0 saturated carbocycles. The highest BCUT2D eigenvalue weighted by Gasteiger charge is 2.03. The van der Waals surface area contributed by atoms with Gasteiger partial charge in [0.25, 0.3) is 0 Å². The van der Waals surface area contributed by atoms with Gasteiger partial charge in [-0.3, -0.25) is 0 Å². The molecule has 0 saturated heterocycles. The second-order valence-electron chi connectivity index (χ2n) is 4.85. The van der Waals surface area contributed by atoms with E-state index in [1.165, 1.54) is 12.1 Å². The van der Waals surface area contributed by atoms with Gasteiger partial charge in [-0.2, -0.15) is 8.78 Å². The molecule has 5 heteroatoms. The van der Waals surface area contributed by atoms with Crippen LogP contribution in [-0.4, -0.2) is 11.6 Å². The monoisotopic (exact) mass is 331 g/mol. The van der Waals surface area contributed by atoms with Crippen molar-refractivity contribution < 1.29 is 13.5 Å². The van der Waals surface area contributed by atoms with Crippen molar-refractivity contribution in [2.24, 2.45) is 0 Å². The lowest BCUT2D eigenvalue weighted by Gasteiger charge is -2.04. The summed E-state index contributed by atoms with van der Waals surface area (Å²) < 4.78 is 28.5. The van der Waals surface area contributed by atoms with Crippen LogP contribution in [-0.2, 0) is 0 Å². The van der Waals surface area contributed by atoms with Gasteiger partial charge in [0.2, 0.25) is 0 Å². The Hall–Kier alpha value is -2.46. The predicted octanol–water partition coefficient (Wildman–Crippen LogP) is 5.66. The van der Waals surface area contributed by atoms with E-state index >= 15 is 0 Å². The number of alkyl halides is 2. The Morgan fingerprint density at radius 3 is 2.43 bits per heavy atom. The molecule has 1 aromatic heterocycles. The number of benzene rings is 2. The zero-order valence-electron chi connectivity index (χ0n) is 11.9. The zero-order chi connectivity index (χ0) is 16.2. The standard InChI is InChI=1S/C18H12ClF2NO/c19-14-6-4-13-5-8-15(22-17(13)11-14)7-1-12-2-9-16(10-3-12)23-18(20)21/h1-11,18H/b7-1+. The van der Waals surface area contributed by atoms with Gasteiger partial charge in [-0.05, 0) is 42.0 Å². The minimum Gasteiger partial charge on any atom is -0.435 e. The number of nitrogens with zero attached hydrogens (tertiary/aromatic N) is 1. The summed E-state index contributed by atoms with van der Waals surface area (Å²) in [5.74, 6) is 0.135. The molecule has 3 rings (SSSR count). The minimum atomic E-state index is -2.81. The number of fused-ring (bicyclic) bond motifs is 1. The van der Waals surface area contributed by atoms with Gasteiger partial charge in [-0.1, -0.05) is 41.9 Å². The summed E-state index contributed by atoms with van der Waals surface area (Å²) in [6.07, 6.45) is 3.70. The maximum absolute atomic E-state index is 12.1. The highest BCUT2D eigenvalue weighted by atomic mass is 35.5. The zero-order valence-corrected chi connectivity index (χ0v) is 12.7. The lowest BCUT2D eigenvalue weighted by atomic mass is 10.1. The van der Waals surface area contributed by atoms with Crippen LogP contribution in [0.4, 0.5) is 8.78 Å². The van der Waals surface area contributed by atoms with E-state index in [2.05, 4.69) is 9.72 Å². The van der Waals surface area contributed by atoms with E-state index in [4.69, 9.17) is 11.6 Å². The number of rotatable bonds is 4. The lowest BCUT2D eigenvalue weighted by Crippen LogP contribution is -2.01. The molecular formula is C18H12ClF2NO. The van der Waals surface area contributed by atoms with Crippen LogP contribution in [0.5, 0.6) is 5.75 Å². The third-order valence-electron chi connectivity index (χ3n) is 3.23. The first-order valence-corrected chi connectivity index (χ1v) is 7.27. The fourth-order valence-electron chi connectivity index (χ4n) is 2.14. The molecule has 23 heavy (non-hydrogen) atoms. The molecule has 0 spiro atoms. The molecule has 0 aliphatic heterocycles. The molecular weight excluding hydrogens is 320 g/mol. The summed E-state index contributed by atoms with van der Waals surface area (Å²) in [5, 5.41) is 1.65. The first-order chi connectivity index (χ1) is 11.1. The molecule has 1 heterocycles. The maximum atomic E-state index is 12.1. The summed E-state index contributed by atoms with van der Waals surface area (Å²) in [5.41, 5.74) is 2.47. The van der Waals surface area contributed by atoms with Crippen LogP contribution in [0.3, 0.4) is 0 Å². The topological polar surface area (TPSA) is 22.1 Å². The normalized spacial score (nSPS) is 11.5. The van der Waals surface area contributed by atoms with E-state index < -0.39 is 6.61 Å². The van der Waals surface area contributed by atoms with Gasteiger partial charge in [0.1, 0.15) is 5.75 Å². The van der Waals surface area contributed by atoms with Crippen molar-refractivity contribution in [2.75, 3.05) is 0 Å². The molecule has 2 aromatic carbocycles. The van der Waals surface area contributed by atoms with Crippen LogP contribution in [0.25, 0.3) is 23.1 Å². The average Bonchev–Trinajstić information content (AvgIpc) is 2.53. The van der Waals surface area contributed by atoms with Crippen molar-refractivity contribution in [3.63, 3.8) is 0 Å². The van der Waals surface area contributed by atoms with Crippen molar-refractivity contribution >= 4 is 34.7 Å². The number of aromatic nitrogens is 1. The van der Waals surface area contributed by atoms with Crippen LogP contribution in [0.15, 0.2) is 54.6 Å². The van der Waals surface area contributed by atoms with Gasteiger partial charge in [0.05, 0.1) is 11.2 Å². The van der Waals surface area contributed by atoms with Crippen LogP contribution in [0, 0.1) is 0 Å². The molecule has 0 fully saturated rings. The second-order valence-corrected chi connectivity index (χ2v) is 5.29. The van der Waals surface area contributed by atoms with Gasteiger partial charge in [-0.25, -0.2) is 4.98 Å². The Morgan fingerprint density at radius 2 is 1.70 bits per heavy atom. The van der Waals surface area contributed by atoms with E-state index in [0.717, 1.165) is 22.2 Å². The molecule has 2 nitrogen and oxygen atoms in total. The number of hydrogen-bond donors (Lipinski definition) is 0. The average molecular weight is 332 g/mol. The van der Waals surface area contributed by atoms with Crippen LogP contribution in [0.2, 0.25) is 5.02 Å². The molecule has 0 aliphatic rings. The molecule has 0 bridgehead atoms. The Labute approximate surface area is 137 Å². The summed E-state index contributed by atoms with van der Waals surface area (Å²) >= 11 is 5.97. The Kier molecular flexibility index (Phi) is 4.53. The molecule has 0 radical (unpaired) electrons. The predicted molar refractivity (Wildman–Crippen MR) is 88.8 cm³/mol. The van der Waals surface area contributed by atoms with Gasteiger partial charge in [-0.15, -0.1) is 0 Å². The van der Waals surface area contributed by atoms with Gasteiger partial charge in [0, 0.05) is 10.4 Å². The number of halogens is 3. The van der Waals surface area contributed by atoms with Crippen LogP contribution < -0.4 is 4.74 Å². The summed E-state index contributed by atoms with van der Waals surface area (Å²) in [6.45, 7) is -2.81. The number of ether oxygens (including phenoxy) is 1. The first kappa shape index (κ1) is 15.4. The number of hydrogen-bond acceptors (Lipinski definition) is 2.